The smallest absolute Gasteiger partial charge is 0.286 e. The highest BCUT2D eigenvalue weighted by Gasteiger charge is 2.32. The molecular weight excluding hydrogens is 446 g/mol. The molecule has 0 aliphatic rings. The summed E-state index contributed by atoms with van der Waals surface area (Å²) in [5, 5.41) is 12.2. The first-order valence-electron chi connectivity index (χ1n) is 10.8. The van der Waals surface area contributed by atoms with Crippen molar-refractivity contribution in [2.24, 2.45) is 0 Å². The molecule has 0 amide bonds. The highest BCUT2D eigenvalue weighted by molar-refractivity contribution is 5.31. The number of aromatic nitrogens is 4. The van der Waals surface area contributed by atoms with Gasteiger partial charge in [0.25, 0.3) is 0 Å². The van der Waals surface area contributed by atoms with Crippen LogP contribution in [0.3, 0.4) is 0 Å². The largest absolute Gasteiger partial charge is 0.416 e. The van der Waals surface area contributed by atoms with Gasteiger partial charge in [-0.15, -0.1) is 5.10 Å². The molecule has 0 aliphatic heterocycles. The molecule has 0 saturated heterocycles. The van der Waals surface area contributed by atoms with E-state index >= 15 is 0 Å². The lowest BCUT2D eigenvalue weighted by atomic mass is 10.0. The molecule has 1 heterocycles. The number of tetrazole rings is 1. The Morgan fingerprint density at radius 3 is 2.18 bits per heavy atom. The minimum Gasteiger partial charge on any atom is -0.286 e. The van der Waals surface area contributed by atoms with Crippen molar-refractivity contribution >= 4 is 0 Å². The van der Waals surface area contributed by atoms with Gasteiger partial charge < -0.3 is 0 Å². The number of hydrogen-bond acceptors (Lipinski definition) is 4. The van der Waals surface area contributed by atoms with Crippen LogP contribution in [0.2, 0.25) is 0 Å². The number of benzene rings is 3. The predicted octanol–water partition coefficient (Wildman–Crippen LogP) is 5.49. The van der Waals surface area contributed by atoms with Crippen LogP contribution in [-0.2, 0) is 19.3 Å². The monoisotopic (exact) mass is 469 g/mol. The molecule has 1 aromatic heterocycles. The van der Waals surface area contributed by atoms with E-state index in [2.05, 4.69) is 20.4 Å². The van der Waals surface area contributed by atoms with Crippen molar-refractivity contribution in [2.75, 3.05) is 6.54 Å². The van der Waals surface area contributed by atoms with Crippen LogP contribution in [0.15, 0.2) is 78.9 Å². The van der Waals surface area contributed by atoms with Gasteiger partial charge in [-0.2, -0.15) is 13.2 Å². The Labute approximate surface area is 194 Å². The maximum atomic E-state index is 13.3. The summed E-state index contributed by atoms with van der Waals surface area (Å²) in [6.07, 6.45) is -4.42. The summed E-state index contributed by atoms with van der Waals surface area (Å²) >= 11 is 0. The topological polar surface area (TPSA) is 46.8 Å². The maximum Gasteiger partial charge on any atom is 0.416 e. The maximum absolute atomic E-state index is 13.3. The minimum absolute atomic E-state index is 0.294. The summed E-state index contributed by atoms with van der Waals surface area (Å²) in [5.41, 5.74) is 1.78. The van der Waals surface area contributed by atoms with Crippen LogP contribution in [0.25, 0.3) is 0 Å². The van der Waals surface area contributed by atoms with Gasteiger partial charge in [0.1, 0.15) is 5.82 Å². The van der Waals surface area contributed by atoms with Gasteiger partial charge in [0, 0.05) is 6.54 Å². The molecule has 1 atom stereocenters. The molecule has 3 aromatic carbocycles. The van der Waals surface area contributed by atoms with Crippen LogP contribution in [0, 0.1) is 5.82 Å². The fourth-order valence-electron chi connectivity index (χ4n) is 3.86. The van der Waals surface area contributed by atoms with Gasteiger partial charge in [-0.05, 0) is 57.9 Å². The molecule has 0 N–H and O–H groups in total. The lowest BCUT2D eigenvalue weighted by Gasteiger charge is -2.30. The lowest BCUT2D eigenvalue weighted by molar-refractivity contribution is -0.137. The molecule has 0 bridgehead atoms. The van der Waals surface area contributed by atoms with Crippen molar-refractivity contribution in [3.63, 3.8) is 0 Å². The second kappa shape index (κ2) is 10.1. The molecule has 5 nitrogen and oxygen atoms in total. The van der Waals surface area contributed by atoms with Gasteiger partial charge in [0.2, 0.25) is 0 Å². The zero-order valence-electron chi connectivity index (χ0n) is 18.5. The first kappa shape index (κ1) is 23.6. The lowest BCUT2D eigenvalue weighted by Crippen LogP contribution is -2.31. The number of hydrogen-bond donors (Lipinski definition) is 0. The van der Waals surface area contributed by atoms with Crippen molar-refractivity contribution in [1.29, 1.82) is 0 Å². The van der Waals surface area contributed by atoms with Crippen LogP contribution in [0.4, 0.5) is 17.6 Å². The highest BCUT2D eigenvalue weighted by Crippen LogP contribution is 2.33. The summed E-state index contributed by atoms with van der Waals surface area (Å²) < 4.78 is 54.4. The summed E-state index contributed by atoms with van der Waals surface area (Å²) in [5.74, 6) is 0.144. The highest BCUT2D eigenvalue weighted by atomic mass is 19.4. The van der Waals surface area contributed by atoms with Crippen molar-refractivity contribution < 1.29 is 17.6 Å². The van der Waals surface area contributed by atoms with E-state index in [0.29, 0.717) is 31.0 Å². The van der Waals surface area contributed by atoms with Gasteiger partial charge in [-0.25, -0.2) is 9.07 Å². The molecule has 4 aromatic rings. The predicted molar refractivity (Wildman–Crippen MR) is 119 cm³/mol. The van der Waals surface area contributed by atoms with E-state index in [0.717, 1.165) is 23.3 Å². The Bertz CT molecular complexity index is 1190. The Kier molecular flexibility index (Phi) is 7.02. The molecular formula is C25H23F4N5. The third-order valence-electron chi connectivity index (χ3n) is 5.60. The van der Waals surface area contributed by atoms with Crippen LogP contribution >= 0.6 is 0 Å². The van der Waals surface area contributed by atoms with Gasteiger partial charge in [0.05, 0.1) is 18.2 Å². The summed E-state index contributed by atoms with van der Waals surface area (Å²) in [4.78, 5) is 2.10. The second-order valence-corrected chi connectivity index (χ2v) is 7.89. The average molecular weight is 469 g/mol. The average Bonchev–Trinajstić information content (AvgIpc) is 3.28. The molecule has 0 aliphatic carbocycles. The number of halogens is 4. The third-order valence-corrected chi connectivity index (χ3v) is 5.60. The van der Waals surface area contributed by atoms with Gasteiger partial charge in [-0.1, -0.05) is 61.5 Å². The number of nitrogens with zero attached hydrogens (tertiary/aromatic N) is 5. The van der Waals surface area contributed by atoms with Crippen molar-refractivity contribution in [2.45, 2.75) is 32.2 Å². The molecule has 4 rings (SSSR count). The number of alkyl halides is 3. The molecule has 9 heteroatoms. The van der Waals surface area contributed by atoms with Crippen molar-refractivity contribution in [3.05, 3.63) is 113 Å². The van der Waals surface area contributed by atoms with Crippen LogP contribution in [0.1, 0.15) is 41.0 Å². The van der Waals surface area contributed by atoms with E-state index < -0.39 is 17.8 Å². The zero-order valence-corrected chi connectivity index (χ0v) is 18.5. The van der Waals surface area contributed by atoms with E-state index in [-0.39, 0.29) is 5.82 Å². The quantitative estimate of drug-likeness (QED) is 0.320. The van der Waals surface area contributed by atoms with E-state index in [1.807, 2.05) is 37.3 Å². The molecule has 0 fully saturated rings. The molecule has 176 valence electrons. The molecule has 0 saturated carbocycles. The minimum atomic E-state index is -4.42. The SMILES string of the molecule is CCN(Cc1ccccc1)C(c1ccc(C(F)(F)F)cc1)c1nnnn1Cc1ccc(F)cc1. The molecule has 34 heavy (non-hydrogen) atoms. The van der Waals surface area contributed by atoms with E-state index in [9.17, 15) is 17.6 Å². The fraction of sp³-hybridized carbons (Fsp3) is 0.240. The summed E-state index contributed by atoms with van der Waals surface area (Å²) in [6, 6.07) is 20.4. The molecule has 0 spiro atoms. The van der Waals surface area contributed by atoms with E-state index in [1.54, 1.807) is 16.8 Å². The zero-order chi connectivity index (χ0) is 24.1. The summed E-state index contributed by atoms with van der Waals surface area (Å²) in [6.45, 7) is 3.42. The van der Waals surface area contributed by atoms with Crippen LogP contribution in [-0.4, -0.2) is 31.7 Å². The van der Waals surface area contributed by atoms with Crippen LogP contribution < -0.4 is 0 Å². The first-order chi connectivity index (χ1) is 16.3. The van der Waals surface area contributed by atoms with Crippen LogP contribution in [0.5, 0.6) is 0 Å². The Morgan fingerprint density at radius 2 is 1.56 bits per heavy atom. The van der Waals surface area contributed by atoms with E-state index in [1.165, 1.54) is 24.3 Å². The molecule has 1 unspecified atom stereocenters. The van der Waals surface area contributed by atoms with Gasteiger partial charge in [0.15, 0.2) is 5.82 Å². The summed E-state index contributed by atoms with van der Waals surface area (Å²) in [7, 11) is 0. The first-order valence-corrected chi connectivity index (χ1v) is 10.8. The Hall–Kier alpha value is -3.59. The van der Waals surface area contributed by atoms with E-state index in [4.69, 9.17) is 0 Å². The third kappa shape index (κ3) is 5.48. The Balaban J connectivity index is 1.73. The van der Waals surface area contributed by atoms with Crippen molar-refractivity contribution in [1.82, 2.24) is 25.1 Å². The van der Waals surface area contributed by atoms with Crippen molar-refractivity contribution in [3.8, 4) is 0 Å². The molecule has 0 radical (unpaired) electrons. The standard InChI is InChI=1S/C25H23F4N5/c1-2-33(16-18-6-4-3-5-7-18)23(20-10-12-21(13-11-20)25(27,28)29)24-30-31-32-34(24)17-19-8-14-22(26)15-9-19/h3-15,23H,2,16-17H2,1H3. The normalized spacial score (nSPS) is 12.8. The van der Waals surface area contributed by atoms with Gasteiger partial charge in [-0.3, -0.25) is 4.90 Å². The second-order valence-electron chi connectivity index (χ2n) is 7.89. The van der Waals surface area contributed by atoms with Gasteiger partial charge >= 0.3 is 6.18 Å². The fourth-order valence-corrected chi connectivity index (χ4v) is 3.86. The Morgan fingerprint density at radius 1 is 0.882 bits per heavy atom. The number of rotatable bonds is 8.